The number of carbonyl (C=O) groups excluding carboxylic acids is 1. The van der Waals surface area contributed by atoms with Crippen LogP contribution < -0.4 is 5.32 Å². The van der Waals surface area contributed by atoms with E-state index in [0.717, 1.165) is 18.9 Å². The average Bonchev–Trinajstić information content (AvgIpc) is 3.10. The molecule has 0 unspecified atom stereocenters. The fourth-order valence-corrected chi connectivity index (χ4v) is 1.67. The van der Waals surface area contributed by atoms with E-state index in [9.17, 15) is 18.0 Å². The van der Waals surface area contributed by atoms with Gasteiger partial charge in [0.15, 0.2) is 0 Å². The Hall–Kier alpha value is -1.66. The summed E-state index contributed by atoms with van der Waals surface area (Å²) in [7, 11) is 0. The third-order valence-corrected chi connectivity index (χ3v) is 2.79. The first kappa shape index (κ1) is 13.8. The average molecular weight is 273 g/mol. The van der Waals surface area contributed by atoms with Gasteiger partial charge in [-0.3, -0.25) is 4.79 Å². The predicted octanol–water partition coefficient (Wildman–Crippen LogP) is 1.87. The lowest BCUT2D eigenvalue weighted by Gasteiger charge is -2.09. The molecule has 1 aromatic rings. The van der Waals surface area contributed by atoms with Crippen LogP contribution in [0.5, 0.6) is 0 Å². The first-order valence-corrected chi connectivity index (χ1v) is 6.06. The van der Waals surface area contributed by atoms with Gasteiger partial charge in [-0.2, -0.15) is 13.2 Å². The summed E-state index contributed by atoms with van der Waals surface area (Å²) in [5.41, 5.74) is -0.672. The lowest BCUT2D eigenvalue weighted by molar-refractivity contribution is -0.141. The molecule has 2 rings (SSSR count). The summed E-state index contributed by atoms with van der Waals surface area (Å²) < 4.78 is 37.7. The molecule has 0 saturated heterocycles. The molecular formula is C12H14F3N3O. The number of rotatable bonds is 4. The number of nitrogens with zero attached hydrogens (tertiary/aromatic N) is 2. The number of carbonyl (C=O) groups is 1. The molecule has 1 heterocycles. The van der Waals surface area contributed by atoms with Gasteiger partial charge in [0, 0.05) is 24.6 Å². The fraction of sp³-hybridized carbons (Fsp3) is 0.583. The lowest BCUT2D eigenvalue weighted by atomic mass is 10.3. The van der Waals surface area contributed by atoms with E-state index in [1.807, 2.05) is 0 Å². The number of hydrogen-bond acceptors (Lipinski definition) is 3. The van der Waals surface area contributed by atoms with Gasteiger partial charge >= 0.3 is 6.18 Å². The number of amides is 1. The minimum Gasteiger partial charge on any atom is -0.355 e. The van der Waals surface area contributed by atoms with Gasteiger partial charge < -0.3 is 5.32 Å². The molecule has 1 aromatic heterocycles. The quantitative estimate of drug-likeness (QED) is 0.911. The highest BCUT2D eigenvalue weighted by Crippen LogP contribution is 2.29. The Kier molecular flexibility index (Phi) is 3.73. The molecule has 1 aliphatic rings. The Bertz CT molecular complexity index is 484. The van der Waals surface area contributed by atoms with Crippen LogP contribution in [0.2, 0.25) is 0 Å². The second-order valence-electron chi connectivity index (χ2n) is 4.62. The van der Waals surface area contributed by atoms with E-state index in [1.165, 1.54) is 6.92 Å². The van der Waals surface area contributed by atoms with E-state index >= 15 is 0 Å². The van der Waals surface area contributed by atoms with Crippen LogP contribution in [0.1, 0.15) is 30.1 Å². The second kappa shape index (κ2) is 5.14. The molecular weight excluding hydrogens is 259 g/mol. The maximum atomic E-state index is 12.6. The summed E-state index contributed by atoms with van der Waals surface area (Å²) >= 11 is 0. The minimum absolute atomic E-state index is 0.0382. The Labute approximate surface area is 108 Å². The normalized spacial score (nSPS) is 15.4. The van der Waals surface area contributed by atoms with Crippen molar-refractivity contribution in [3.8, 4) is 0 Å². The summed E-state index contributed by atoms with van der Waals surface area (Å²) in [6.07, 6.45) is -2.49. The molecule has 7 heteroatoms. The molecule has 1 aliphatic carbocycles. The molecule has 0 bridgehead atoms. The number of aromatic nitrogens is 2. The van der Waals surface area contributed by atoms with Crippen LogP contribution in [0, 0.1) is 12.8 Å². The molecule has 0 aliphatic heterocycles. The van der Waals surface area contributed by atoms with E-state index in [1.54, 1.807) is 0 Å². The van der Waals surface area contributed by atoms with E-state index in [-0.39, 0.29) is 36.3 Å². The van der Waals surface area contributed by atoms with Crippen LogP contribution in [0.25, 0.3) is 0 Å². The summed E-state index contributed by atoms with van der Waals surface area (Å²) in [6.45, 7) is 1.75. The fourth-order valence-electron chi connectivity index (χ4n) is 1.67. The van der Waals surface area contributed by atoms with Gasteiger partial charge in [-0.15, -0.1) is 0 Å². The van der Waals surface area contributed by atoms with Crippen molar-refractivity contribution in [3.63, 3.8) is 0 Å². The van der Waals surface area contributed by atoms with Crippen LogP contribution in [-0.2, 0) is 17.4 Å². The van der Waals surface area contributed by atoms with Crippen molar-refractivity contribution >= 4 is 5.91 Å². The van der Waals surface area contributed by atoms with E-state index in [0.29, 0.717) is 0 Å². The molecule has 1 N–H and O–H groups in total. The minimum atomic E-state index is -4.47. The van der Waals surface area contributed by atoms with Crippen LogP contribution >= 0.6 is 0 Å². The molecule has 19 heavy (non-hydrogen) atoms. The number of nitrogens with one attached hydrogen (secondary N) is 1. The van der Waals surface area contributed by atoms with Gasteiger partial charge in [-0.05, 0) is 25.8 Å². The molecule has 1 saturated carbocycles. The van der Waals surface area contributed by atoms with Gasteiger partial charge in [0.2, 0.25) is 5.91 Å². The zero-order valence-corrected chi connectivity index (χ0v) is 10.4. The lowest BCUT2D eigenvalue weighted by Crippen LogP contribution is -2.27. The Morgan fingerprint density at radius 2 is 2.11 bits per heavy atom. The molecule has 104 valence electrons. The maximum absolute atomic E-state index is 12.6. The van der Waals surface area contributed by atoms with Gasteiger partial charge in [-0.1, -0.05) is 0 Å². The van der Waals surface area contributed by atoms with Crippen LogP contribution in [0.15, 0.2) is 6.07 Å². The predicted molar refractivity (Wildman–Crippen MR) is 61.2 cm³/mol. The topological polar surface area (TPSA) is 54.9 Å². The van der Waals surface area contributed by atoms with Gasteiger partial charge in [0.25, 0.3) is 0 Å². The Morgan fingerprint density at radius 3 is 2.68 bits per heavy atom. The van der Waals surface area contributed by atoms with Crippen molar-refractivity contribution in [2.75, 3.05) is 6.54 Å². The standard InChI is InChI=1S/C12H14F3N3O/c1-7-6-9(12(13,14)15)18-10(17-7)4-5-16-11(19)8-2-3-8/h6,8H,2-5H2,1H3,(H,16,19). The summed E-state index contributed by atoms with van der Waals surface area (Å²) in [5, 5.41) is 2.67. The molecule has 1 fully saturated rings. The second-order valence-corrected chi connectivity index (χ2v) is 4.62. The van der Waals surface area contributed by atoms with Gasteiger partial charge in [0.05, 0.1) is 0 Å². The van der Waals surface area contributed by atoms with Crippen LogP contribution in [0.4, 0.5) is 13.2 Å². The number of hydrogen-bond donors (Lipinski definition) is 1. The number of aryl methyl sites for hydroxylation is 1. The van der Waals surface area contributed by atoms with Crippen molar-refractivity contribution in [3.05, 3.63) is 23.3 Å². The monoisotopic (exact) mass is 273 g/mol. The van der Waals surface area contributed by atoms with E-state index in [4.69, 9.17) is 0 Å². The highest BCUT2D eigenvalue weighted by atomic mass is 19.4. The SMILES string of the molecule is Cc1cc(C(F)(F)F)nc(CCNC(=O)C2CC2)n1. The molecule has 0 atom stereocenters. The smallest absolute Gasteiger partial charge is 0.355 e. The Balaban J connectivity index is 1.95. The summed E-state index contributed by atoms with van der Waals surface area (Å²) in [5.74, 6) is 0.149. The highest BCUT2D eigenvalue weighted by Gasteiger charge is 2.33. The van der Waals surface area contributed by atoms with Crippen molar-refractivity contribution < 1.29 is 18.0 Å². The molecule has 0 radical (unpaired) electrons. The molecule has 0 aromatic carbocycles. The third kappa shape index (κ3) is 3.90. The first-order chi connectivity index (χ1) is 8.86. The maximum Gasteiger partial charge on any atom is 0.433 e. The van der Waals surface area contributed by atoms with E-state index in [2.05, 4.69) is 15.3 Å². The summed E-state index contributed by atoms with van der Waals surface area (Å²) in [4.78, 5) is 18.8. The van der Waals surface area contributed by atoms with Crippen molar-refractivity contribution in [2.24, 2.45) is 5.92 Å². The Morgan fingerprint density at radius 1 is 1.42 bits per heavy atom. The zero-order chi connectivity index (χ0) is 14.0. The largest absolute Gasteiger partial charge is 0.433 e. The van der Waals surface area contributed by atoms with Gasteiger partial charge in [0.1, 0.15) is 11.5 Å². The van der Waals surface area contributed by atoms with Gasteiger partial charge in [-0.25, -0.2) is 9.97 Å². The highest BCUT2D eigenvalue weighted by molar-refractivity contribution is 5.80. The number of halogens is 3. The molecule has 0 spiro atoms. The van der Waals surface area contributed by atoms with Crippen molar-refractivity contribution in [2.45, 2.75) is 32.4 Å². The first-order valence-electron chi connectivity index (χ1n) is 6.06. The number of alkyl halides is 3. The summed E-state index contributed by atoms with van der Waals surface area (Å²) in [6, 6.07) is 0.909. The van der Waals surface area contributed by atoms with Crippen LogP contribution in [0.3, 0.4) is 0 Å². The van der Waals surface area contributed by atoms with Crippen LogP contribution in [-0.4, -0.2) is 22.4 Å². The zero-order valence-electron chi connectivity index (χ0n) is 10.4. The van der Waals surface area contributed by atoms with Crippen molar-refractivity contribution in [1.29, 1.82) is 0 Å². The van der Waals surface area contributed by atoms with Crippen molar-refractivity contribution in [1.82, 2.24) is 15.3 Å². The molecule has 1 amide bonds. The van der Waals surface area contributed by atoms with E-state index < -0.39 is 11.9 Å². The third-order valence-electron chi connectivity index (χ3n) is 2.79. The molecule has 4 nitrogen and oxygen atoms in total.